The highest BCUT2D eigenvalue weighted by Crippen LogP contribution is 2.39. The molecular formula is C22H30N2O4. The summed E-state index contributed by atoms with van der Waals surface area (Å²) in [5.41, 5.74) is 2.68. The lowest BCUT2D eigenvalue weighted by Gasteiger charge is -2.25. The summed E-state index contributed by atoms with van der Waals surface area (Å²) in [7, 11) is 3.08. The molecule has 0 saturated heterocycles. The predicted molar refractivity (Wildman–Crippen MR) is 110 cm³/mol. The number of hydrogen-bond donors (Lipinski definition) is 2. The molecule has 1 atom stereocenters. The van der Waals surface area contributed by atoms with Crippen LogP contribution in [0.1, 0.15) is 56.2 Å². The van der Waals surface area contributed by atoms with Crippen LogP contribution in [0.3, 0.4) is 0 Å². The zero-order valence-electron chi connectivity index (χ0n) is 17.7. The molecule has 2 rings (SSSR count). The number of aliphatic hydroxyl groups is 1. The maximum atomic E-state index is 12.7. The molecule has 1 aromatic heterocycles. The average Bonchev–Trinajstić information content (AvgIpc) is 2.67. The monoisotopic (exact) mass is 386 g/mol. The summed E-state index contributed by atoms with van der Waals surface area (Å²) in [5.74, 6) is 0.745. The molecule has 0 saturated carbocycles. The van der Waals surface area contributed by atoms with E-state index in [1.807, 2.05) is 52.8 Å². The highest BCUT2D eigenvalue weighted by atomic mass is 16.5. The van der Waals surface area contributed by atoms with Gasteiger partial charge in [0.2, 0.25) is 11.8 Å². The topological polar surface area (TPSA) is 80.7 Å². The number of methoxy groups -OCH3 is 2. The van der Waals surface area contributed by atoms with Crippen molar-refractivity contribution in [1.29, 1.82) is 0 Å². The number of ether oxygens (including phenoxy) is 2. The second-order valence-electron chi connectivity index (χ2n) is 7.71. The van der Waals surface area contributed by atoms with Crippen LogP contribution in [0.2, 0.25) is 0 Å². The number of nitrogens with one attached hydrogen (secondary N) is 1. The number of carbonyl (C=O) groups is 1. The normalized spacial score (nSPS) is 12.4. The zero-order valence-corrected chi connectivity index (χ0v) is 17.7. The minimum Gasteiger partial charge on any atom is -0.497 e. The molecule has 1 aromatic carbocycles. The second-order valence-corrected chi connectivity index (χ2v) is 7.71. The number of aromatic nitrogens is 1. The number of benzene rings is 1. The Balaban J connectivity index is 2.71. The van der Waals surface area contributed by atoms with E-state index in [1.165, 1.54) is 7.11 Å². The van der Waals surface area contributed by atoms with Crippen LogP contribution < -0.4 is 14.8 Å². The highest BCUT2D eigenvalue weighted by Gasteiger charge is 2.29. The van der Waals surface area contributed by atoms with Gasteiger partial charge in [0.05, 0.1) is 14.2 Å². The van der Waals surface area contributed by atoms with Gasteiger partial charge in [0.25, 0.3) is 0 Å². The third kappa shape index (κ3) is 4.44. The van der Waals surface area contributed by atoms with Crippen molar-refractivity contribution in [2.24, 2.45) is 5.41 Å². The fourth-order valence-corrected chi connectivity index (χ4v) is 3.03. The number of carbonyl (C=O) groups excluding carboxylic acids is 1. The van der Waals surface area contributed by atoms with E-state index in [4.69, 9.17) is 9.47 Å². The predicted octanol–water partition coefficient (Wildman–Crippen LogP) is 4.04. The highest BCUT2D eigenvalue weighted by molar-refractivity contribution is 5.96. The van der Waals surface area contributed by atoms with Crippen LogP contribution in [0.5, 0.6) is 11.6 Å². The molecular weight excluding hydrogens is 356 g/mol. The number of pyridine rings is 1. The van der Waals surface area contributed by atoms with Gasteiger partial charge in [-0.05, 0) is 36.6 Å². The molecule has 2 aromatic rings. The molecule has 28 heavy (non-hydrogen) atoms. The summed E-state index contributed by atoms with van der Waals surface area (Å²) in [4.78, 5) is 17.2. The van der Waals surface area contributed by atoms with E-state index in [1.54, 1.807) is 13.2 Å². The molecule has 6 heteroatoms. The lowest BCUT2D eigenvalue weighted by molar-refractivity contribution is -0.123. The number of aryl methyl sites for hydroxylation is 1. The first kappa shape index (κ1) is 21.7. The SMILES string of the molecule is CCc1c(C)nc(OC)c(NC(=O)C(C)(C)C)c1C(O)c1cccc(OC)c1. The van der Waals surface area contributed by atoms with Gasteiger partial charge in [-0.1, -0.05) is 39.8 Å². The van der Waals surface area contributed by atoms with Gasteiger partial charge in [0.1, 0.15) is 17.5 Å². The number of hydrogen-bond acceptors (Lipinski definition) is 5. The van der Waals surface area contributed by atoms with E-state index in [0.717, 1.165) is 11.3 Å². The smallest absolute Gasteiger partial charge is 0.238 e. The first-order valence-corrected chi connectivity index (χ1v) is 9.34. The summed E-state index contributed by atoms with van der Waals surface area (Å²) in [6.07, 6.45) is -0.326. The molecule has 0 aliphatic rings. The van der Waals surface area contributed by atoms with Gasteiger partial charge in [-0.3, -0.25) is 4.79 Å². The Hall–Kier alpha value is -2.60. The van der Waals surface area contributed by atoms with Crippen LogP contribution in [0.4, 0.5) is 5.69 Å². The van der Waals surface area contributed by atoms with E-state index in [0.29, 0.717) is 29.0 Å². The molecule has 0 spiro atoms. The largest absolute Gasteiger partial charge is 0.497 e. The minimum absolute atomic E-state index is 0.183. The molecule has 0 aliphatic heterocycles. The van der Waals surface area contributed by atoms with Crippen molar-refractivity contribution >= 4 is 11.6 Å². The molecule has 0 bridgehead atoms. The van der Waals surface area contributed by atoms with E-state index in [9.17, 15) is 9.90 Å². The van der Waals surface area contributed by atoms with Crippen molar-refractivity contribution in [2.45, 2.75) is 47.1 Å². The quantitative estimate of drug-likeness (QED) is 0.783. The minimum atomic E-state index is -0.976. The number of amides is 1. The van der Waals surface area contributed by atoms with Crippen LogP contribution in [-0.4, -0.2) is 30.2 Å². The summed E-state index contributed by atoms with van der Waals surface area (Å²) in [6.45, 7) is 9.35. The number of rotatable bonds is 6. The lowest BCUT2D eigenvalue weighted by Crippen LogP contribution is -2.29. The summed E-state index contributed by atoms with van der Waals surface area (Å²) in [6, 6.07) is 7.24. The van der Waals surface area contributed by atoms with Crippen molar-refractivity contribution in [2.75, 3.05) is 19.5 Å². The van der Waals surface area contributed by atoms with Crippen LogP contribution in [0.15, 0.2) is 24.3 Å². The molecule has 1 heterocycles. The van der Waals surface area contributed by atoms with Crippen molar-refractivity contribution in [1.82, 2.24) is 4.98 Å². The van der Waals surface area contributed by atoms with E-state index in [2.05, 4.69) is 10.3 Å². The Morgan fingerprint density at radius 3 is 2.46 bits per heavy atom. The van der Waals surface area contributed by atoms with Crippen molar-refractivity contribution in [3.63, 3.8) is 0 Å². The fourth-order valence-electron chi connectivity index (χ4n) is 3.03. The standard InChI is InChI=1S/C22H30N2O4/c1-8-16-13(2)23-20(28-7)18(24-21(26)22(3,4)5)17(16)19(25)14-10-9-11-15(12-14)27-6/h9-12,19,25H,8H2,1-7H3,(H,24,26). The van der Waals surface area contributed by atoms with Crippen LogP contribution in [-0.2, 0) is 11.2 Å². The summed E-state index contributed by atoms with van der Waals surface area (Å²) in [5, 5.41) is 14.2. The third-order valence-electron chi connectivity index (χ3n) is 4.66. The molecule has 1 unspecified atom stereocenters. The first-order chi connectivity index (χ1) is 13.1. The molecule has 0 radical (unpaired) electrons. The van der Waals surface area contributed by atoms with Crippen molar-refractivity contribution < 1.29 is 19.4 Å². The molecule has 2 N–H and O–H groups in total. The fraction of sp³-hybridized carbons (Fsp3) is 0.455. The maximum Gasteiger partial charge on any atom is 0.238 e. The van der Waals surface area contributed by atoms with Gasteiger partial charge >= 0.3 is 0 Å². The first-order valence-electron chi connectivity index (χ1n) is 9.34. The molecule has 0 fully saturated rings. The number of aliphatic hydroxyl groups excluding tert-OH is 1. The van der Waals surface area contributed by atoms with Gasteiger partial charge < -0.3 is 19.9 Å². The Morgan fingerprint density at radius 2 is 1.93 bits per heavy atom. The van der Waals surface area contributed by atoms with Gasteiger partial charge in [-0.2, -0.15) is 0 Å². The lowest BCUT2D eigenvalue weighted by atomic mass is 9.91. The van der Waals surface area contributed by atoms with Gasteiger partial charge in [0.15, 0.2) is 0 Å². The number of anilines is 1. The van der Waals surface area contributed by atoms with Gasteiger partial charge in [0, 0.05) is 16.7 Å². The molecule has 1 amide bonds. The Morgan fingerprint density at radius 1 is 1.25 bits per heavy atom. The van der Waals surface area contributed by atoms with E-state index < -0.39 is 11.5 Å². The van der Waals surface area contributed by atoms with Gasteiger partial charge in [-0.15, -0.1) is 0 Å². The number of nitrogens with zero attached hydrogens (tertiary/aromatic N) is 1. The van der Waals surface area contributed by atoms with Crippen molar-refractivity contribution in [3.05, 3.63) is 46.6 Å². The second kappa shape index (κ2) is 8.61. The summed E-state index contributed by atoms with van der Waals surface area (Å²) < 4.78 is 10.7. The Kier molecular flexibility index (Phi) is 6.67. The maximum absolute atomic E-state index is 12.7. The van der Waals surface area contributed by atoms with Gasteiger partial charge in [-0.25, -0.2) is 4.98 Å². The average molecular weight is 386 g/mol. The molecule has 6 nitrogen and oxygen atoms in total. The van der Waals surface area contributed by atoms with Crippen LogP contribution >= 0.6 is 0 Å². The molecule has 152 valence electrons. The summed E-state index contributed by atoms with van der Waals surface area (Å²) >= 11 is 0. The molecule has 0 aliphatic carbocycles. The third-order valence-corrected chi connectivity index (χ3v) is 4.66. The van der Waals surface area contributed by atoms with E-state index >= 15 is 0 Å². The Labute approximate surface area is 166 Å². The van der Waals surface area contributed by atoms with Crippen molar-refractivity contribution in [3.8, 4) is 11.6 Å². The van der Waals surface area contributed by atoms with E-state index in [-0.39, 0.29) is 11.8 Å². The van der Waals surface area contributed by atoms with Crippen LogP contribution in [0.25, 0.3) is 0 Å². The zero-order chi connectivity index (χ0) is 21.1. The Bertz CT molecular complexity index is 856. The van der Waals surface area contributed by atoms with Crippen LogP contribution in [0, 0.1) is 12.3 Å².